The topological polar surface area (TPSA) is 71.7 Å². The molecule has 67 heavy (non-hydrogen) atoms. The van der Waals surface area contributed by atoms with Gasteiger partial charge in [0.1, 0.15) is 0 Å². The van der Waals surface area contributed by atoms with E-state index in [0.29, 0.717) is 23.7 Å². The summed E-state index contributed by atoms with van der Waals surface area (Å²) in [5.41, 5.74) is 11.5. The summed E-state index contributed by atoms with van der Waals surface area (Å²) < 4.78 is 5.02. The van der Waals surface area contributed by atoms with Crippen molar-refractivity contribution in [2.24, 2.45) is 10.8 Å². The van der Waals surface area contributed by atoms with Gasteiger partial charge in [-0.3, -0.25) is 9.59 Å². The first kappa shape index (κ1) is 55.7. The molecule has 2 aliphatic carbocycles. The van der Waals surface area contributed by atoms with Crippen molar-refractivity contribution in [3.8, 4) is 0 Å². The molecule has 2 heterocycles. The number of halogens is 2. The number of carbonyl (C=O) groups is 2. The average molecular weight is 950 g/mol. The second kappa shape index (κ2) is 22.2. The molecule has 0 bridgehead atoms. The molecule has 0 radical (unpaired) electrons. The fraction of sp³-hybridized carbons (Fsp3) is 0.533. The van der Waals surface area contributed by atoms with Crippen LogP contribution < -0.4 is 24.8 Å². The molecule has 8 rings (SSSR count). The van der Waals surface area contributed by atoms with Crippen LogP contribution in [-0.2, 0) is 0 Å². The third-order valence-electron chi connectivity index (χ3n) is 15.5. The summed E-state index contributed by atoms with van der Waals surface area (Å²) in [6.45, 7) is 27.7. The van der Waals surface area contributed by atoms with Gasteiger partial charge in [0, 0.05) is 73.9 Å². The molecule has 2 N–H and O–H groups in total. The zero-order valence-electron chi connectivity index (χ0n) is 43.0. The van der Waals surface area contributed by atoms with Crippen LogP contribution in [0, 0.1) is 10.8 Å². The number of ketones is 2. The predicted octanol–water partition coefficient (Wildman–Crippen LogP) is 9.25. The summed E-state index contributed by atoms with van der Waals surface area (Å²) in [7, 11) is 0. The summed E-state index contributed by atoms with van der Waals surface area (Å²) in [5.74, 6) is 2.05. The molecule has 4 aromatic rings. The van der Waals surface area contributed by atoms with Gasteiger partial charge in [-0.25, -0.2) is 0 Å². The van der Waals surface area contributed by atoms with Crippen LogP contribution in [0.15, 0.2) is 97.1 Å². The molecule has 2 saturated carbocycles. The number of carbonyl (C=O) groups excluding carboxylic acids is 2. The summed E-state index contributed by atoms with van der Waals surface area (Å²) in [4.78, 5) is 28.6. The molecule has 364 valence electrons. The monoisotopic (exact) mass is 949 g/mol. The van der Waals surface area contributed by atoms with Gasteiger partial charge in [0.05, 0.1) is 10.8 Å². The van der Waals surface area contributed by atoms with Gasteiger partial charge in [-0.15, -0.1) is 0 Å². The maximum absolute atomic E-state index is 14.3. The van der Waals surface area contributed by atoms with E-state index in [4.69, 9.17) is 0 Å². The molecule has 2 fully saturated rings. The van der Waals surface area contributed by atoms with E-state index in [1.54, 1.807) is 0 Å². The van der Waals surface area contributed by atoms with E-state index in [-0.39, 0.29) is 63.8 Å². The first-order valence-electron chi connectivity index (χ1n) is 25.2. The van der Waals surface area contributed by atoms with E-state index >= 15 is 0 Å². The zero-order chi connectivity index (χ0) is 46.2. The summed E-state index contributed by atoms with van der Waals surface area (Å²) >= 11 is 0. The number of Topliss-reactive ketones (excluding diaryl/α,β-unsaturated/α-hetero) is 2. The van der Waals surface area contributed by atoms with Crippen molar-refractivity contribution in [2.75, 3.05) is 0 Å². The molecule has 4 aromatic carbocycles. The molecule has 0 amide bonds. The number of benzene rings is 4. The van der Waals surface area contributed by atoms with Crippen LogP contribution in [0.2, 0.25) is 0 Å². The lowest BCUT2D eigenvalue weighted by molar-refractivity contribution is -0.516. The number of para-hydroxylation sites is 2. The van der Waals surface area contributed by atoms with E-state index in [1.807, 2.05) is 60.7 Å². The minimum atomic E-state index is -0.105. The normalized spacial score (nSPS) is 19.0. The predicted molar refractivity (Wildman–Crippen MR) is 273 cm³/mol. The first-order chi connectivity index (χ1) is 30.4. The van der Waals surface area contributed by atoms with Gasteiger partial charge in [-0.2, -0.15) is 9.15 Å². The van der Waals surface area contributed by atoms with Crippen molar-refractivity contribution < 1.29 is 49.0 Å². The lowest BCUT2D eigenvalue weighted by Gasteiger charge is -2.31. The van der Waals surface area contributed by atoms with E-state index < -0.39 is 0 Å². The van der Waals surface area contributed by atoms with Crippen LogP contribution in [0.1, 0.15) is 227 Å². The Morgan fingerprint density at radius 2 is 0.687 bits per heavy atom. The SMILES string of the molecule is CC(C)c1cccc(C(C)C)c1[N+]1=C(C(=O)c2ccccc2)C2(CCCCC2)CC1(C)C.CC(C)c1cccc(C(C)C)c1[N+]1=C(C(=O)c2ccccc2)C2(CCCCC2)CC1(C)C.O.[Cl-].[Cl-]. The second-order valence-electron chi connectivity index (χ2n) is 22.6. The Morgan fingerprint density at radius 1 is 0.418 bits per heavy atom. The number of hydrogen-bond donors (Lipinski definition) is 0. The Kier molecular flexibility index (Phi) is 18.5. The van der Waals surface area contributed by atoms with E-state index in [2.05, 4.69) is 129 Å². The molecule has 2 aliphatic heterocycles. The fourth-order valence-electron chi connectivity index (χ4n) is 12.9. The molecular formula is C60H82Cl2N2O3. The van der Waals surface area contributed by atoms with Gasteiger partial charge in [0.2, 0.25) is 22.8 Å². The highest BCUT2D eigenvalue weighted by molar-refractivity contribution is 6.47. The molecule has 4 aliphatic rings. The quantitative estimate of drug-likeness (QED) is 0.118. The van der Waals surface area contributed by atoms with Crippen LogP contribution in [0.5, 0.6) is 0 Å². The lowest BCUT2D eigenvalue weighted by atomic mass is 9.66. The Bertz CT molecular complexity index is 2170. The number of hydrogen-bond acceptors (Lipinski definition) is 2. The summed E-state index contributed by atoms with van der Waals surface area (Å²) in [6, 6.07) is 33.5. The Labute approximate surface area is 417 Å². The minimum Gasteiger partial charge on any atom is -1.00 e. The van der Waals surface area contributed by atoms with Gasteiger partial charge < -0.3 is 30.3 Å². The van der Waals surface area contributed by atoms with Gasteiger partial charge in [-0.1, -0.05) is 191 Å². The molecule has 0 unspecified atom stereocenters. The third-order valence-corrected chi connectivity index (χ3v) is 15.5. The van der Waals surface area contributed by atoms with E-state index in [1.165, 1.54) is 72.2 Å². The highest BCUT2D eigenvalue weighted by atomic mass is 35.5. The largest absolute Gasteiger partial charge is 1.00 e. The van der Waals surface area contributed by atoms with Crippen molar-refractivity contribution >= 4 is 34.4 Å². The van der Waals surface area contributed by atoms with Gasteiger partial charge in [0.25, 0.3) is 11.6 Å². The highest BCUT2D eigenvalue weighted by Crippen LogP contribution is 2.55. The van der Waals surface area contributed by atoms with Crippen molar-refractivity contribution in [1.82, 2.24) is 0 Å². The number of rotatable bonds is 10. The summed E-state index contributed by atoms with van der Waals surface area (Å²) in [6.07, 6.45) is 14.1. The number of nitrogens with zero attached hydrogens (tertiary/aromatic N) is 2. The Balaban J connectivity index is 0.000000280. The molecule has 2 spiro atoms. The van der Waals surface area contributed by atoms with E-state index in [9.17, 15) is 9.59 Å². The molecule has 0 aromatic heterocycles. The van der Waals surface area contributed by atoms with Crippen molar-refractivity contribution in [3.05, 3.63) is 130 Å². The van der Waals surface area contributed by atoms with Gasteiger partial charge >= 0.3 is 0 Å². The second-order valence-corrected chi connectivity index (χ2v) is 22.6. The molecular weight excluding hydrogens is 868 g/mol. The van der Waals surface area contributed by atoms with Crippen LogP contribution in [-0.4, -0.2) is 48.7 Å². The maximum atomic E-state index is 14.3. The minimum absolute atomic E-state index is 0. The molecule has 0 saturated heterocycles. The Morgan fingerprint density at radius 3 is 0.940 bits per heavy atom. The average Bonchev–Trinajstić information content (AvgIpc) is 3.63. The lowest BCUT2D eigenvalue weighted by Crippen LogP contribution is -3.00. The van der Waals surface area contributed by atoms with Crippen LogP contribution in [0.4, 0.5) is 11.4 Å². The molecule has 7 heteroatoms. The smallest absolute Gasteiger partial charge is 0.252 e. The van der Waals surface area contributed by atoms with Gasteiger partial charge in [-0.05, 0) is 49.4 Å². The van der Waals surface area contributed by atoms with Crippen molar-refractivity contribution in [1.29, 1.82) is 0 Å². The van der Waals surface area contributed by atoms with Crippen molar-refractivity contribution in [3.63, 3.8) is 0 Å². The Hall–Kier alpha value is -3.90. The van der Waals surface area contributed by atoms with Gasteiger partial charge in [0.15, 0.2) is 11.1 Å². The maximum Gasteiger partial charge on any atom is 0.252 e. The fourth-order valence-corrected chi connectivity index (χ4v) is 12.9. The van der Waals surface area contributed by atoms with E-state index in [0.717, 1.165) is 61.1 Å². The third kappa shape index (κ3) is 10.8. The first-order valence-corrected chi connectivity index (χ1v) is 25.2. The highest BCUT2D eigenvalue weighted by Gasteiger charge is 2.62. The zero-order valence-corrected chi connectivity index (χ0v) is 44.5. The van der Waals surface area contributed by atoms with Crippen LogP contribution in [0.25, 0.3) is 0 Å². The standard InChI is InChI=1S/2C30H40NO.2ClH.H2O/c2*1-21(2)24-16-13-17-25(22(3)4)26(24)31-28(27(32)23-14-9-7-10-15-23)30(20-29(31,5)6)18-11-8-12-19-30;;;/h2*7,9-10,13-17,21-22H,8,11-12,18-20H2,1-6H3;2*1H;1H2/q2*+1;;;/p-2. The summed E-state index contributed by atoms with van der Waals surface area (Å²) in [5, 5.41) is 0. The molecule has 5 nitrogen and oxygen atoms in total. The molecule has 0 atom stereocenters. The van der Waals surface area contributed by atoms with Crippen LogP contribution in [0.3, 0.4) is 0 Å². The van der Waals surface area contributed by atoms with Crippen molar-refractivity contribution in [2.45, 2.75) is 195 Å². The van der Waals surface area contributed by atoms with Crippen LogP contribution >= 0.6 is 0 Å².